The third-order valence-electron chi connectivity index (χ3n) is 3.60. The number of oxime groups is 1. The van der Waals surface area contributed by atoms with Gasteiger partial charge in [0.2, 0.25) is 0 Å². The highest BCUT2D eigenvalue weighted by atomic mass is 79.9. The number of halogens is 1. The smallest absolute Gasteiger partial charge is 0.158 e. The van der Waals surface area contributed by atoms with Gasteiger partial charge in [0.05, 0.1) is 0 Å². The predicted molar refractivity (Wildman–Crippen MR) is 93.6 cm³/mol. The van der Waals surface area contributed by atoms with Gasteiger partial charge in [0.1, 0.15) is 4.62 Å². The van der Waals surface area contributed by atoms with Crippen molar-refractivity contribution in [1.82, 2.24) is 0 Å². The molecule has 1 heterocycles. The Labute approximate surface area is 138 Å². The van der Waals surface area contributed by atoms with E-state index in [0.29, 0.717) is 0 Å². The topological polar surface area (TPSA) is 33.6 Å². The van der Waals surface area contributed by atoms with Crippen LogP contribution in [0, 0.1) is 19.3 Å². The van der Waals surface area contributed by atoms with Crippen LogP contribution >= 0.6 is 15.9 Å². The van der Waals surface area contributed by atoms with Crippen LogP contribution in [0.1, 0.15) is 29.2 Å². The molecule has 1 aliphatic heterocycles. The summed E-state index contributed by atoms with van der Waals surface area (Å²) < 4.78 is 0.845. The third-order valence-corrected chi connectivity index (χ3v) is 4.07. The highest BCUT2D eigenvalue weighted by Crippen LogP contribution is 2.32. The first-order valence-corrected chi connectivity index (χ1v) is 7.77. The number of hydrogen-bond acceptors (Lipinski definition) is 3. The van der Waals surface area contributed by atoms with E-state index in [2.05, 4.69) is 57.4 Å². The van der Waals surface area contributed by atoms with Gasteiger partial charge < -0.3 is 10.2 Å². The molecule has 2 aromatic carbocycles. The Morgan fingerprint density at radius 2 is 2.05 bits per heavy atom. The molecule has 3 nitrogen and oxygen atoms in total. The molecule has 1 N–H and O–H groups in total. The second-order valence-corrected chi connectivity index (χ2v) is 6.10. The molecule has 0 fully saturated rings. The molecule has 4 heteroatoms. The zero-order valence-electron chi connectivity index (χ0n) is 12.1. The second-order valence-electron chi connectivity index (χ2n) is 5.19. The van der Waals surface area contributed by atoms with E-state index in [0.717, 1.165) is 33.5 Å². The van der Waals surface area contributed by atoms with Gasteiger partial charge in [-0.2, -0.15) is 0 Å². The monoisotopic (exact) mass is 354 g/mol. The third kappa shape index (κ3) is 3.15. The fraction of sp³-hybridized carbons (Fsp3) is 0.167. The van der Waals surface area contributed by atoms with Gasteiger partial charge in [0.15, 0.2) is 6.10 Å². The van der Waals surface area contributed by atoms with Crippen molar-refractivity contribution in [2.24, 2.45) is 5.16 Å². The van der Waals surface area contributed by atoms with Crippen molar-refractivity contribution in [2.75, 3.05) is 5.32 Å². The van der Waals surface area contributed by atoms with Crippen molar-refractivity contribution in [3.8, 4) is 12.3 Å². The first-order chi connectivity index (χ1) is 10.7. The molecule has 1 atom stereocenters. The van der Waals surface area contributed by atoms with Crippen LogP contribution in [0.3, 0.4) is 0 Å². The van der Waals surface area contributed by atoms with Crippen molar-refractivity contribution in [1.29, 1.82) is 0 Å². The van der Waals surface area contributed by atoms with E-state index in [1.54, 1.807) is 0 Å². The Hall–Kier alpha value is -2.25. The second kappa shape index (κ2) is 6.25. The number of hydrogen-bond donors (Lipinski definition) is 1. The first kappa shape index (κ1) is 14.7. The summed E-state index contributed by atoms with van der Waals surface area (Å²) in [6.07, 6.45) is 6.11. The maximum Gasteiger partial charge on any atom is 0.158 e. The van der Waals surface area contributed by atoms with Gasteiger partial charge >= 0.3 is 0 Å². The largest absolute Gasteiger partial charge is 0.386 e. The Balaban J connectivity index is 1.82. The van der Waals surface area contributed by atoms with Gasteiger partial charge in [-0.15, -0.1) is 6.42 Å². The van der Waals surface area contributed by atoms with Crippen LogP contribution in [-0.2, 0) is 4.84 Å². The Bertz CT molecular complexity index is 760. The number of nitrogens with one attached hydrogen (secondary N) is 1. The SMILES string of the molecule is C#Cc1ccc(Nc2cc([C@@H]3CC(Br)=NO3)ccc2C)cc1. The summed E-state index contributed by atoms with van der Waals surface area (Å²) in [6, 6.07) is 14.1. The summed E-state index contributed by atoms with van der Waals surface area (Å²) in [5.41, 5.74) is 5.20. The van der Waals surface area contributed by atoms with Crippen LogP contribution in [-0.4, -0.2) is 4.62 Å². The van der Waals surface area contributed by atoms with E-state index in [-0.39, 0.29) is 6.10 Å². The summed E-state index contributed by atoms with van der Waals surface area (Å²) in [6.45, 7) is 2.07. The standard InChI is InChI=1S/C18H15BrN2O/c1-3-13-5-8-15(9-6-13)20-16-10-14(7-4-12(16)2)17-11-18(19)21-22-17/h1,4-10,17,20H,11H2,2H3/t17-/m0/s1. The summed E-state index contributed by atoms with van der Waals surface area (Å²) in [4.78, 5) is 5.42. The molecular formula is C18H15BrN2O. The molecule has 22 heavy (non-hydrogen) atoms. The summed E-state index contributed by atoms with van der Waals surface area (Å²) in [5.74, 6) is 2.62. The van der Waals surface area contributed by atoms with Crippen LogP contribution in [0.2, 0.25) is 0 Å². The van der Waals surface area contributed by atoms with Crippen LogP contribution in [0.25, 0.3) is 0 Å². The molecule has 3 rings (SSSR count). The molecule has 2 aromatic rings. The van der Waals surface area contributed by atoms with Gasteiger partial charge in [-0.3, -0.25) is 0 Å². The van der Waals surface area contributed by atoms with Crippen molar-refractivity contribution in [2.45, 2.75) is 19.4 Å². The molecule has 0 bridgehead atoms. The molecule has 110 valence electrons. The molecule has 0 amide bonds. The normalized spacial score (nSPS) is 16.6. The number of nitrogens with zero attached hydrogens (tertiary/aromatic N) is 1. The van der Waals surface area contributed by atoms with Crippen molar-refractivity contribution in [3.63, 3.8) is 0 Å². The average Bonchev–Trinajstić information content (AvgIpc) is 2.97. The van der Waals surface area contributed by atoms with Gasteiger partial charge in [0.25, 0.3) is 0 Å². The van der Waals surface area contributed by atoms with Crippen molar-refractivity contribution >= 4 is 31.9 Å². The van der Waals surface area contributed by atoms with Gasteiger partial charge in [0, 0.05) is 23.4 Å². The van der Waals surface area contributed by atoms with E-state index in [1.807, 2.05) is 24.3 Å². The Morgan fingerprint density at radius 1 is 1.27 bits per heavy atom. The van der Waals surface area contributed by atoms with E-state index in [4.69, 9.17) is 11.3 Å². The first-order valence-electron chi connectivity index (χ1n) is 6.98. The molecular weight excluding hydrogens is 340 g/mol. The van der Waals surface area contributed by atoms with Gasteiger partial charge in [-0.1, -0.05) is 23.2 Å². The lowest BCUT2D eigenvalue weighted by Crippen LogP contribution is -2.00. The highest BCUT2D eigenvalue weighted by Gasteiger charge is 2.21. The van der Waals surface area contributed by atoms with E-state index in [9.17, 15) is 0 Å². The lowest BCUT2D eigenvalue weighted by molar-refractivity contribution is 0.0858. The van der Waals surface area contributed by atoms with E-state index < -0.39 is 0 Å². The highest BCUT2D eigenvalue weighted by molar-refractivity contribution is 9.18. The zero-order valence-corrected chi connectivity index (χ0v) is 13.7. The van der Waals surface area contributed by atoms with Crippen molar-refractivity contribution in [3.05, 3.63) is 59.2 Å². The quantitative estimate of drug-likeness (QED) is 0.796. The van der Waals surface area contributed by atoms with Gasteiger partial charge in [-0.25, -0.2) is 0 Å². The molecule has 0 spiro atoms. The molecule has 0 aliphatic carbocycles. The van der Waals surface area contributed by atoms with Crippen LogP contribution in [0.5, 0.6) is 0 Å². The predicted octanol–water partition coefficient (Wildman–Crippen LogP) is 4.89. The number of aryl methyl sites for hydroxylation is 1. The lowest BCUT2D eigenvalue weighted by atomic mass is 10.0. The fourth-order valence-electron chi connectivity index (χ4n) is 2.31. The lowest BCUT2D eigenvalue weighted by Gasteiger charge is -2.14. The number of anilines is 2. The molecule has 0 unspecified atom stereocenters. The summed E-state index contributed by atoms with van der Waals surface area (Å²) >= 11 is 3.37. The average molecular weight is 355 g/mol. The van der Waals surface area contributed by atoms with Crippen LogP contribution in [0.15, 0.2) is 47.6 Å². The molecule has 0 aromatic heterocycles. The summed E-state index contributed by atoms with van der Waals surface area (Å²) in [7, 11) is 0. The zero-order chi connectivity index (χ0) is 15.5. The molecule has 0 saturated carbocycles. The molecule has 0 saturated heterocycles. The maximum absolute atomic E-state index is 5.42. The van der Waals surface area contributed by atoms with Crippen molar-refractivity contribution < 1.29 is 4.84 Å². The maximum atomic E-state index is 5.42. The van der Waals surface area contributed by atoms with E-state index in [1.165, 1.54) is 5.56 Å². The fourth-order valence-corrected chi connectivity index (χ4v) is 2.68. The molecule has 0 radical (unpaired) electrons. The van der Waals surface area contributed by atoms with E-state index >= 15 is 0 Å². The minimum Gasteiger partial charge on any atom is -0.386 e. The van der Waals surface area contributed by atoms with Crippen LogP contribution in [0.4, 0.5) is 11.4 Å². The van der Waals surface area contributed by atoms with Gasteiger partial charge in [-0.05, 0) is 64.3 Å². The summed E-state index contributed by atoms with van der Waals surface area (Å²) in [5, 5.41) is 7.37. The minimum absolute atomic E-state index is 0.0284. The Morgan fingerprint density at radius 3 is 2.68 bits per heavy atom. The number of rotatable bonds is 3. The van der Waals surface area contributed by atoms with Crippen LogP contribution < -0.4 is 5.32 Å². The minimum atomic E-state index is -0.0284. The number of benzene rings is 2. The number of terminal acetylenes is 1. The molecule has 1 aliphatic rings. The Kier molecular flexibility index (Phi) is 4.17.